The Bertz CT molecular complexity index is 703. The number of carbonyl (C=O) groups is 4. The Morgan fingerprint density at radius 1 is 1.20 bits per heavy atom. The summed E-state index contributed by atoms with van der Waals surface area (Å²) in [6, 6.07) is -1.85. The predicted molar refractivity (Wildman–Crippen MR) is 115 cm³/mol. The Balaban J connectivity index is 1.79. The number of fused-ring (bicyclic) bond motifs is 3. The molecule has 5 atom stereocenters. The highest BCUT2D eigenvalue weighted by Gasteiger charge is 2.45. The SMILES string of the molecule is C[C@@H]1NC(=O)[C@@H]2CCCN2C(=O)[C@H](C)S[C@H]2C[C@@H](C(=O)NCCN(C)C)N(C2)C1=O. The Labute approximate surface area is 182 Å². The van der Waals surface area contributed by atoms with E-state index in [-0.39, 0.29) is 34.1 Å². The summed E-state index contributed by atoms with van der Waals surface area (Å²) in [5.41, 5.74) is 0. The number of rotatable bonds is 4. The van der Waals surface area contributed by atoms with Gasteiger partial charge < -0.3 is 25.3 Å². The van der Waals surface area contributed by atoms with Crippen LogP contribution in [0.3, 0.4) is 0 Å². The summed E-state index contributed by atoms with van der Waals surface area (Å²) in [6.07, 6.45) is 1.90. The summed E-state index contributed by atoms with van der Waals surface area (Å²) in [5, 5.41) is 5.38. The van der Waals surface area contributed by atoms with Crippen molar-refractivity contribution in [3.8, 4) is 0 Å². The number of nitrogens with one attached hydrogen (secondary N) is 2. The van der Waals surface area contributed by atoms with Crippen molar-refractivity contribution in [1.29, 1.82) is 0 Å². The van der Waals surface area contributed by atoms with Crippen LogP contribution in [-0.4, -0.2) is 107 Å². The van der Waals surface area contributed by atoms with Gasteiger partial charge >= 0.3 is 0 Å². The van der Waals surface area contributed by atoms with E-state index in [2.05, 4.69) is 10.6 Å². The van der Waals surface area contributed by atoms with Crippen LogP contribution in [0.25, 0.3) is 0 Å². The van der Waals surface area contributed by atoms with Crippen molar-refractivity contribution >= 4 is 35.4 Å². The Kier molecular flexibility index (Phi) is 7.28. The summed E-state index contributed by atoms with van der Waals surface area (Å²) in [5.74, 6) is -0.755. The van der Waals surface area contributed by atoms with E-state index in [0.29, 0.717) is 39.0 Å². The molecule has 3 aliphatic rings. The zero-order valence-corrected chi connectivity index (χ0v) is 19.0. The quantitative estimate of drug-likeness (QED) is 0.599. The number of hydrogen-bond acceptors (Lipinski definition) is 6. The van der Waals surface area contributed by atoms with Gasteiger partial charge in [0.25, 0.3) is 0 Å². The van der Waals surface area contributed by atoms with E-state index >= 15 is 0 Å². The zero-order valence-electron chi connectivity index (χ0n) is 18.2. The van der Waals surface area contributed by atoms with Gasteiger partial charge in [0.15, 0.2) is 0 Å². The maximum Gasteiger partial charge on any atom is 0.245 e. The minimum absolute atomic E-state index is 0.000815. The molecule has 0 saturated carbocycles. The van der Waals surface area contributed by atoms with E-state index in [1.54, 1.807) is 16.7 Å². The standard InChI is InChI=1S/C20H33N5O4S/c1-12-19(28)25-11-14(10-16(25)17(26)21-7-9-23(3)4)30-13(2)20(29)24-8-5-6-15(24)18(27)22-12/h12-16H,5-11H2,1-4H3,(H,21,26)(H,22,27)/t12-,13-,14-,15-,16-/m0/s1. The average Bonchev–Trinajstić information content (AvgIpc) is 3.33. The van der Waals surface area contributed by atoms with Crippen LogP contribution in [0.1, 0.15) is 33.1 Å². The van der Waals surface area contributed by atoms with Crippen molar-refractivity contribution < 1.29 is 19.2 Å². The number of hydrogen-bond donors (Lipinski definition) is 2. The normalized spacial score (nSPS) is 32.6. The maximum absolute atomic E-state index is 13.1. The molecule has 168 valence electrons. The molecule has 3 saturated heterocycles. The molecule has 4 amide bonds. The van der Waals surface area contributed by atoms with Crippen molar-refractivity contribution in [1.82, 2.24) is 25.3 Å². The molecule has 3 aliphatic heterocycles. The molecule has 3 heterocycles. The lowest BCUT2D eigenvalue weighted by Gasteiger charge is -2.31. The number of carbonyl (C=O) groups excluding carboxylic acids is 4. The molecule has 0 spiro atoms. The summed E-state index contributed by atoms with van der Waals surface area (Å²) >= 11 is 1.51. The summed E-state index contributed by atoms with van der Waals surface area (Å²) in [7, 11) is 3.86. The van der Waals surface area contributed by atoms with Gasteiger partial charge in [-0.3, -0.25) is 19.2 Å². The highest BCUT2D eigenvalue weighted by Crippen LogP contribution is 2.33. The Morgan fingerprint density at radius 2 is 1.93 bits per heavy atom. The lowest BCUT2D eigenvalue weighted by molar-refractivity contribution is -0.142. The van der Waals surface area contributed by atoms with Gasteiger partial charge in [-0.15, -0.1) is 11.8 Å². The molecule has 2 N–H and O–H groups in total. The van der Waals surface area contributed by atoms with Gasteiger partial charge in [-0.25, -0.2) is 0 Å². The van der Waals surface area contributed by atoms with Crippen molar-refractivity contribution in [2.24, 2.45) is 0 Å². The van der Waals surface area contributed by atoms with Gasteiger partial charge in [0, 0.05) is 31.4 Å². The van der Waals surface area contributed by atoms with E-state index in [9.17, 15) is 19.2 Å². The lowest BCUT2D eigenvalue weighted by atomic mass is 10.1. The van der Waals surface area contributed by atoms with Crippen LogP contribution in [0.2, 0.25) is 0 Å². The smallest absolute Gasteiger partial charge is 0.245 e. The van der Waals surface area contributed by atoms with Crippen LogP contribution < -0.4 is 10.6 Å². The number of nitrogens with zero attached hydrogens (tertiary/aromatic N) is 3. The van der Waals surface area contributed by atoms with Crippen molar-refractivity contribution in [2.75, 3.05) is 40.3 Å². The summed E-state index contributed by atoms with van der Waals surface area (Å²) in [4.78, 5) is 56.9. The average molecular weight is 440 g/mol. The van der Waals surface area contributed by atoms with Gasteiger partial charge in [0.1, 0.15) is 18.1 Å². The molecule has 0 radical (unpaired) electrons. The molecule has 3 rings (SSSR count). The third-order valence-corrected chi connectivity index (χ3v) is 7.36. The fraction of sp³-hybridized carbons (Fsp3) is 0.800. The van der Waals surface area contributed by atoms with Crippen LogP contribution in [-0.2, 0) is 19.2 Å². The highest BCUT2D eigenvalue weighted by molar-refractivity contribution is 8.01. The third-order valence-electron chi connectivity index (χ3n) is 6.02. The Morgan fingerprint density at radius 3 is 2.63 bits per heavy atom. The number of likely N-dealkylation sites (N-methyl/N-ethyl adjacent to an activating group) is 1. The largest absolute Gasteiger partial charge is 0.353 e. The first-order chi connectivity index (χ1) is 14.2. The molecule has 2 bridgehead atoms. The van der Waals surface area contributed by atoms with E-state index < -0.39 is 18.1 Å². The highest BCUT2D eigenvalue weighted by atomic mass is 32.2. The van der Waals surface area contributed by atoms with Crippen LogP contribution in [0.5, 0.6) is 0 Å². The lowest BCUT2D eigenvalue weighted by Crippen LogP contribution is -2.56. The van der Waals surface area contributed by atoms with Crippen LogP contribution >= 0.6 is 11.8 Å². The van der Waals surface area contributed by atoms with E-state index in [4.69, 9.17) is 0 Å². The topological polar surface area (TPSA) is 102 Å². The van der Waals surface area contributed by atoms with Crippen LogP contribution in [0.15, 0.2) is 0 Å². The van der Waals surface area contributed by atoms with Gasteiger partial charge in [0.2, 0.25) is 23.6 Å². The molecule has 0 aliphatic carbocycles. The molecule has 3 fully saturated rings. The van der Waals surface area contributed by atoms with E-state index in [1.807, 2.05) is 25.9 Å². The van der Waals surface area contributed by atoms with Crippen molar-refractivity contribution in [2.45, 2.75) is 61.7 Å². The maximum atomic E-state index is 13.1. The first-order valence-electron chi connectivity index (χ1n) is 10.7. The van der Waals surface area contributed by atoms with Crippen LogP contribution in [0.4, 0.5) is 0 Å². The monoisotopic (exact) mass is 439 g/mol. The van der Waals surface area contributed by atoms with Gasteiger partial charge in [-0.1, -0.05) is 0 Å². The first kappa shape index (κ1) is 22.9. The fourth-order valence-electron chi connectivity index (χ4n) is 4.41. The molecule has 10 heteroatoms. The first-order valence-corrected chi connectivity index (χ1v) is 11.6. The molecule has 30 heavy (non-hydrogen) atoms. The molecule has 9 nitrogen and oxygen atoms in total. The summed E-state index contributed by atoms with van der Waals surface area (Å²) in [6.45, 7) is 5.68. The van der Waals surface area contributed by atoms with Crippen molar-refractivity contribution in [3.05, 3.63) is 0 Å². The Hall–Kier alpha value is -1.81. The molecular weight excluding hydrogens is 406 g/mol. The van der Waals surface area contributed by atoms with Gasteiger partial charge in [-0.2, -0.15) is 0 Å². The van der Waals surface area contributed by atoms with Crippen LogP contribution in [0, 0.1) is 0 Å². The minimum atomic E-state index is -0.743. The molecular formula is C20H33N5O4S. The number of thioether (sulfide) groups is 1. The zero-order chi connectivity index (χ0) is 22.0. The number of amides is 4. The second-order valence-electron chi connectivity index (χ2n) is 8.66. The van der Waals surface area contributed by atoms with Gasteiger partial charge in [-0.05, 0) is 47.2 Å². The third kappa shape index (κ3) is 4.91. The molecule has 0 unspecified atom stereocenters. The fourth-order valence-corrected chi connectivity index (χ4v) is 5.78. The summed E-state index contributed by atoms with van der Waals surface area (Å²) < 4.78 is 0. The second kappa shape index (κ2) is 9.55. The van der Waals surface area contributed by atoms with Gasteiger partial charge in [0.05, 0.1) is 5.25 Å². The van der Waals surface area contributed by atoms with Crippen molar-refractivity contribution in [3.63, 3.8) is 0 Å². The molecule has 0 aromatic heterocycles. The molecule has 0 aromatic carbocycles. The molecule has 0 aromatic rings. The minimum Gasteiger partial charge on any atom is -0.353 e. The van der Waals surface area contributed by atoms with E-state index in [0.717, 1.165) is 6.42 Å². The van der Waals surface area contributed by atoms with E-state index in [1.165, 1.54) is 11.8 Å². The second-order valence-corrected chi connectivity index (χ2v) is 10.3. The predicted octanol–water partition coefficient (Wildman–Crippen LogP) is -0.735.